The van der Waals surface area contributed by atoms with E-state index in [-0.39, 0.29) is 19.4 Å². The predicted octanol–water partition coefficient (Wildman–Crippen LogP) is -0.402. The van der Waals surface area contributed by atoms with Gasteiger partial charge in [-0.05, 0) is 25.7 Å². The Bertz CT molecular complexity index is 462. The van der Waals surface area contributed by atoms with Crippen LogP contribution in [0.2, 0.25) is 0 Å². The van der Waals surface area contributed by atoms with Gasteiger partial charge in [-0.2, -0.15) is 0 Å². The maximum Gasteiger partial charge on any atom is 0.326 e. The van der Waals surface area contributed by atoms with E-state index < -0.39 is 35.8 Å². The van der Waals surface area contributed by atoms with Gasteiger partial charge >= 0.3 is 23.8 Å². The van der Waals surface area contributed by atoms with Crippen molar-refractivity contribution in [2.24, 2.45) is 0 Å². The number of hydrogen-bond donors (Lipinski definition) is 3. The molecular weight excluding hydrogens is 280 g/mol. The molecule has 2 atom stereocenters. The molecule has 1 saturated heterocycles. The second kappa shape index (κ2) is 7.41. The number of likely N-dealkylation sites (tertiary alicyclic amines) is 1. The first-order valence-electron chi connectivity index (χ1n) is 6.56. The zero-order valence-electron chi connectivity index (χ0n) is 11.4. The molecule has 0 aromatic rings. The van der Waals surface area contributed by atoms with Crippen LogP contribution in [-0.4, -0.2) is 57.5 Å². The van der Waals surface area contributed by atoms with Crippen molar-refractivity contribution in [3.63, 3.8) is 0 Å². The van der Waals surface area contributed by atoms with Gasteiger partial charge in [-0.15, -0.1) is 6.58 Å². The molecule has 0 aromatic heterocycles. The lowest BCUT2D eigenvalue weighted by atomic mass is 10.0. The highest BCUT2D eigenvalue weighted by Crippen LogP contribution is 2.17. The van der Waals surface area contributed by atoms with Gasteiger partial charge in [-0.3, -0.25) is 9.59 Å². The number of carbonyl (C=O) groups is 4. The minimum Gasteiger partial charge on any atom is -0.480 e. The van der Waals surface area contributed by atoms with Crippen LogP contribution in [0.3, 0.4) is 0 Å². The van der Waals surface area contributed by atoms with Gasteiger partial charge in [0, 0.05) is 6.54 Å². The van der Waals surface area contributed by atoms with Crippen molar-refractivity contribution in [1.29, 1.82) is 0 Å². The lowest BCUT2D eigenvalue weighted by Crippen LogP contribution is -2.55. The molecular formula is C13H18N2O6. The summed E-state index contributed by atoms with van der Waals surface area (Å²) < 4.78 is 0. The van der Waals surface area contributed by atoms with Crippen LogP contribution in [0.25, 0.3) is 0 Å². The molecule has 1 aliphatic heterocycles. The number of aliphatic carboxylic acids is 2. The van der Waals surface area contributed by atoms with Crippen LogP contribution in [0, 0.1) is 0 Å². The van der Waals surface area contributed by atoms with E-state index in [9.17, 15) is 19.2 Å². The summed E-state index contributed by atoms with van der Waals surface area (Å²) in [5, 5.41) is 20.0. The van der Waals surface area contributed by atoms with Crippen molar-refractivity contribution < 1.29 is 29.4 Å². The molecule has 0 bridgehead atoms. The summed E-state index contributed by atoms with van der Waals surface area (Å²) >= 11 is 0. The van der Waals surface area contributed by atoms with E-state index in [0.717, 1.165) is 4.90 Å². The first kappa shape index (κ1) is 16.7. The lowest BCUT2D eigenvalue weighted by molar-refractivity contribution is -0.157. The van der Waals surface area contributed by atoms with E-state index in [0.29, 0.717) is 12.8 Å². The summed E-state index contributed by atoms with van der Waals surface area (Å²) in [6.07, 6.45) is 2.83. The van der Waals surface area contributed by atoms with E-state index in [4.69, 9.17) is 10.2 Å². The predicted molar refractivity (Wildman–Crippen MR) is 71.4 cm³/mol. The normalized spacial score (nSPS) is 19.4. The van der Waals surface area contributed by atoms with Gasteiger partial charge in [-0.25, -0.2) is 9.59 Å². The molecule has 0 aromatic carbocycles. The Hall–Kier alpha value is -2.38. The van der Waals surface area contributed by atoms with Crippen molar-refractivity contribution in [2.45, 2.75) is 37.8 Å². The Morgan fingerprint density at radius 3 is 2.48 bits per heavy atom. The number of rotatable bonds is 5. The standard InChI is InChI=1S/C13H18N2O6/c1-2-5-8(12(18)19)14-10(16)11(17)15-7-4-3-6-9(15)13(20)21/h2,8-9H,1,3-7H2,(H,14,16)(H,18,19)(H,20,21)/t8?,9-/m1/s1. The fourth-order valence-electron chi connectivity index (χ4n) is 2.17. The van der Waals surface area contributed by atoms with Gasteiger partial charge in [0.05, 0.1) is 0 Å². The summed E-state index contributed by atoms with van der Waals surface area (Å²) in [7, 11) is 0. The average Bonchev–Trinajstić information content (AvgIpc) is 2.45. The number of hydrogen-bond acceptors (Lipinski definition) is 4. The molecule has 116 valence electrons. The van der Waals surface area contributed by atoms with E-state index in [1.165, 1.54) is 6.08 Å². The summed E-state index contributed by atoms with van der Waals surface area (Å²) in [5.41, 5.74) is 0. The van der Waals surface area contributed by atoms with Gasteiger partial charge in [0.15, 0.2) is 0 Å². The number of carbonyl (C=O) groups excluding carboxylic acids is 2. The largest absolute Gasteiger partial charge is 0.480 e. The third kappa shape index (κ3) is 4.30. The molecule has 2 amide bonds. The molecule has 8 heteroatoms. The van der Waals surface area contributed by atoms with E-state index in [1.54, 1.807) is 0 Å². The van der Waals surface area contributed by atoms with Gasteiger partial charge < -0.3 is 20.4 Å². The van der Waals surface area contributed by atoms with Gasteiger partial charge in [0.1, 0.15) is 12.1 Å². The fraction of sp³-hybridized carbons (Fsp3) is 0.538. The number of amides is 2. The highest BCUT2D eigenvalue weighted by Gasteiger charge is 2.36. The lowest BCUT2D eigenvalue weighted by Gasteiger charge is -2.32. The van der Waals surface area contributed by atoms with Gasteiger partial charge in [0.25, 0.3) is 0 Å². The van der Waals surface area contributed by atoms with Crippen LogP contribution < -0.4 is 5.32 Å². The van der Waals surface area contributed by atoms with Crippen molar-refractivity contribution in [3.8, 4) is 0 Å². The number of carboxylic acids is 2. The molecule has 1 aliphatic rings. The maximum atomic E-state index is 12.0. The molecule has 1 heterocycles. The topological polar surface area (TPSA) is 124 Å². The number of piperidine rings is 1. The third-order valence-corrected chi connectivity index (χ3v) is 3.25. The Morgan fingerprint density at radius 2 is 1.95 bits per heavy atom. The molecule has 21 heavy (non-hydrogen) atoms. The summed E-state index contributed by atoms with van der Waals surface area (Å²) in [6, 6.07) is -2.30. The minimum absolute atomic E-state index is 0.0310. The molecule has 8 nitrogen and oxygen atoms in total. The van der Waals surface area contributed by atoms with Gasteiger partial charge in [0.2, 0.25) is 0 Å². The second-order valence-corrected chi connectivity index (χ2v) is 4.74. The SMILES string of the molecule is C=CCC(NC(=O)C(=O)N1CCCC[C@@H]1C(=O)O)C(=O)O. The molecule has 0 spiro atoms. The number of carboxylic acid groups (broad SMARTS) is 2. The van der Waals surface area contributed by atoms with Crippen LogP contribution in [0.1, 0.15) is 25.7 Å². The Balaban J connectivity index is 2.76. The highest BCUT2D eigenvalue weighted by molar-refractivity contribution is 6.35. The summed E-state index contributed by atoms with van der Waals surface area (Å²) in [5.74, 6) is -4.59. The van der Waals surface area contributed by atoms with Crippen LogP contribution in [0.5, 0.6) is 0 Å². The summed E-state index contributed by atoms with van der Waals surface area (Å²) in [6.45, 7) is 3.54. The molecule has 0 radical (unpaired) electrons. The minimum atomic E-state index is -1.29. The monoisotopic (exact) mass is 298 g/mol. The van der Waals surface area contributed by atoms with Crippen molar-refractivity contribution in [1.82, 2.24) is 10.2 Å². The highest BCUT2D eigenvalue weighted by atomic mass is 16.4. The first-order chi connectivity index (χ1) is 9.88. The Kier molecular flexibility index (Phi) is 5.89. The molecule has 1 unspecified atom stereocenters. The van der Waals surface area contributed by atoms with Crippen LogP contribution in [0.15, 0.2) is 12.7 Å². The van der Waals surface area contributed by atoms with Crippen molar-refractivity contribution in [3.05, 3.63) is 12.7 Å². The molecule has 3 N–H and O–H groups in total. The van der Waals surface area contributed by atoms with Crippen molar-refractivity contribution in [2.75, 3.05) is 6.54 Å². The third-order valence-electron chi connectivity index (χ3n) is 3.25. The van der Waals surface area contributed by atoms with E-state index in [1.807, 2.05) is 0 Å². The number of nitrogens with zero attached hydrogens (tertiary/aromatic N) is 1. The second-order valence-electron chi connectivity index (χ2n) is 4.74. The molecule has 1 rings (SSSR count). The zero-order chi connectivity index (χ0) is 16.0. The first-order valence-corrected chi connectivity index (χ1v) is 6.56. The quantitative estimate of drug-likeness (QED) is 0.468. The molecule has 0 saturated carbocycles. The van der Waals surface area contributed by atoms with Crippen LogP contribution in [-0.2, 0) is 19.2 Å². The Morgan fingerprint density at radius 1 is 1.29 bits per heavy atom. The maximum absolute atomic E-state index is 12.0. The average molecular weight is 298 g/mol. The Labute approximate surface area is 121 Å². The van der Waals surface area contributed by atoms with Crippen molar-refractivity contribution >= 4 is 23.8 Å². The molecule has 0 aliphatic carbocycles. The van der Waals surface area contributed by atoms with E-state index in [2.05, 4.69) is 11.9 Å². The zero-order valence-corrected chi connectivity index (χ0v) is 11.4. The smallest absolute Gasteiger partial charge is 0.326 e. The van der Waals surface area contributed by atoms with Gasteiger partial charge in [-0.1, -0.05) is 6.08 Å². The summed E-state index contributed by atoms with van der Waals surface area (Å²) in [4.78, 5) is 46.8. The van der Waals surface area contributed by atoms with Crippen LogP contribution in [0.4, 0.5) is 0 Å². The molecule has 1 fully saturated rings. The van der Waals surface area contributed by atoms with E-state index >= 15 is 0 Å². The number of nitrogens with one attached hydrogen (secondary N) is 1. The van der Waals surface area contributed by atoms with Crippen LogP contribution >= 0.6 is 0 Å². The fourth-order valence-corrected chi connectivity index (χ4v) is 2.17.